The number of hydrogen-bond donors (Lipinski definition) is 0. The van der Waals surface area contributed by atoms with Gasteiger partial charge in [-0.3, -0.25) is 0 Å². The SMILES string of the molecule is CCOC(=O)/C=C(C)/C=C/C=C(C)/C=C/c1c(C)c(CC)c(OC)c(CC)c1C. The molecule has 0 heterocycles. The molecule has 158 valence electrons. The van der Waals surface area contributed by atoms with Crippen LogP contribution in [0.25, 0.3) is 6.08 Å². The second-order valence-electron chi connectivity index (χ2n) is 7.10. The molecule has 0 aliphatic rings. The summed E-state index contributed by atoms with van der Waals surface area (Å²) in [4.78, 5) is 11.5. The predicted octanol–water partition coefficient (Wildman–Crippen LogP) is 6.46. The van der Waals surface area contributed by atoms with E-state index in [0.717, 1.165) is 29.7 Å². The summed E-state index contributed by atoms with van der Waals surface area (Å²) in [6, 6.07) is 0. The molecular weight excluding hydrogens is 360 g/mol. The standard InChI is InChI=1S/C26H36O3/c1-9-22-20(6)24(21(7)23(10-2)26(22)28-8)16-15-18(4)13-12-14-19(5)17-25(27)29-11-3/h12-17H,9-11H2,1-8H3/b14-12+,16-15+,18-13+,19-17+. The highest BCUT2D eigenvalue weighted by Crippen LogP contribution is 2.35. The van der Waals surface area contributed by atoms with Crippen LogP contribution in [0.2, 0.25) is 0 Å². The van der Waals surface area contributed by atoms with Gasteiger partial charge < -0.3 is 9.47 Å². The quantitative estimate of drug-likeness (QED) is 0.273. The fourth-order valence-corrected chi connectivity index (χ4v) is 3.52. The van der Waals surface area contributed by atoms with Crippen molar-refractivity contribution in [3.05, 3.63) is 69.3 Å². The summed E-state index contributed by atoms with van der Waals surface area (Å²) in [7, 11) is 1.76. The van der Waals surface area contributed by atoms with Crippen LogP contribution in [0.4, 0.5) is 0 Å². The molecule has 0 fully saturated rings. The molecule has 0 unspecified atom stereocenters. The minimum atomic E-state index is -0.306. The van der Waals surface area contributed by atoms with E-state index in [9.17, 15) is 4.79 Å². The number of carbonyl (C=O) groups excluding carboxylic acids is 1. The number of hydrogen-bond acceptors (Lipinski definition) is 3. The van der Waals surface area contributed by atoms with E-state index in [1.165, 1.54) is 33.9 Å². The van der Waals surface area contributed by atoms with Crippen LogP contribution >= 0.6 is 0 Å². The molecule has 0 amide bonds. The van der Waals surface area contributed by atoms with E-state index in [-0.39, 0.29) is 5.97 Å². The van der Waals surface area contributed by atoms with Gasteiger partial charge >= 0.3 is 5.97 Å². The Morgan fingerprint density at radius 2 is 1.52 bits per heavy atom. The Morgan fingerprint density at radius 3 is 2.00 bits per heavy atom. The van der Waals surface area contributed by atoms with Gasteiger partial charge in [0.05, 0.1) is 13.7 Å². The second-order valence-corrected chi connectivity index (χ2v) is 7.10. The molecule has 0 aliphatic carbocycles. The van der Waals surface area contributed by atoms with Gasteiger partial charge in [-0.15, -0.1) is 0 Å². The Balaban J connectivity index is 3.12. The van der Waals surface area contributed by atoms with E-state index in [1.54, 1.807) is 14.0 Å². The van der Waals surface area contributed by atoms with Crippen LogP contribution in [0, 0.1) is 13.8 Å². The number of rotatable bonds is 9. The van der Waals surface area contributed by atoms with E-state index >= 15 is 0 Å². The van der Waals surface area contributed by atoms with E-state index in [0.29, 0.717) is 6.61 Å². The fraction of sp³-hybridized carbons (Fsp3) is 0.423. The third kappa shape index (κ3) is 6.77. The summed E-state index contributed by atoms with van der Waals surface area (Å²) >= 11 is 0. The van der Waals surface area contributed by atoms with Crippen molar-refractivity contribution in [3.8, 4) is 5.75 Å². The average Bonchev–Trinajstić information content (AvgIpc) is 2.67. The normalized spacial score (nSPS) is 12.8. The van der Waals surface area contributed by atoms with Gasteiger partial charge in [-0.25, -0.2) is 4.79 Å². The van der Waals surface area contributed by atoms with Crippen molar-refractivity contribution >= 4 is 12.0 Å². The molecule has 0 radical (unpaired) electrons. The first-order chi connectivity index (χ1) is 13.8. The first-order valence-electron chi connectivity index (χ1n) is 10.4. The average molecular weight is 397 g/mol. The fourth-order valence-electron chi connectivity index (χ4n) is 3.52. The molecule has 0 spiro atoms. The maximum absolute atomic E-state index is 11.5. The molecule has 0 bridgehead atoms. The monoisotopic (exact) mass is 396 g/mol. The van der Waals surface area contributed by atoms with Gasteiger partial charge in [-0.2, -0.15) is 0 Å². The molecule has 3 heteroatoms. The summed E-state index contributed by atoms with van der Waals surface area (Å²) < 4.78 is 10.7. The molecule has 0 aliphatic heterocycles. The van der Waals surface area contributed by atoms with Gasteiger partial charge in [0.25, 0.3) is 0 Å². The van der Waals surface area contributed by atoms with E-state index in [4.69, 9.17) is 9.47 Å². The molecule has 1 aromatic carbocycles. The molecular formula is C26H36O3. The summed E-state index contributed by atoms with van der Waals surface area (Å²) in [5, 5.41) is 0. The molecule has 0 aromatic heterocycles. The molecule has 0 saturated heterocycles. The number of methoxy groups -OCH3 is 1. The van der Waals surface area contributed by atoms with Crippen LogP contribution in [-0.4, -0.2) is 19.7 Å². The van der Waals surface area contributed by atoms with Crippen LogP contribution in [-0.2, 0) is 22.4 Å². The van der Waals surface area contributed by atoms with Gasteiger partial charge in [0.2, 0.25) is 0 Å². The summed E-state index contributed by atoms with van der Waals surface area (Å²) in [6.07, 6.45) is 13.6. The van der Waals surface area contributed by atoms with E-state index in [1.807, 2.05) is 25.2 Å². The lowest BCUT2D eigenvalue weighted by Crippen LogP contribution is -2.04. The minimum absolute atomic E-state index is 0.306. The Kier molecular flexibility index (Phi) is 10.2. The summed E-state index contributed by atoms with van der Waals surface area (Å²) in [6.45, 7) is 14.8. The lowest BCUT2D eigenvalue weighted by Gasteiger charge is -2.20. The second kappa shape index (κ2) is 12.1. The van der Waals surface area contributed by atoms with Crippen molar-refractivity contribution in [1.82, 2.24) is 0 Å². The lowest BCUT2D eigenvalue weighted by atomic mass is 9.89. The Bertz CT molecular complexity index is 805. The summed E-state index contributed by atoms with van der Waals surface area (Å²) in [5.41, 5.74) is 8.41. The van der Waals surface area contributed by atoms with Crippen LogP contribution in [0.1, 0.15) is 62.4 Å². The lowest BCUT2D eigenvalue weighted by molar-refractivity contribution is -0.137. The Labute approximate surface area is 176 Å². The van der Waals surface area contributed by atoms with Gasteiger partial charge in [0.1, 0.15) is 5.75 Å². The zero-order valence-corrected chi connectivity index (χ0v) is 19.3. The predicted molar refractivity (Wildman–Crippen MR) is 124 cm³/mol. The first-order valence-corrected chi connectivity index (χ1v) is 10.4. The third-order valence-corrected chi connectivity index (χ3v) is 5.04. The van der Waals surface area contributed by atoms with E-state index in [2.05, 4.69) is 46.8 Å². The highest BCUT2D eigenvalue weighted by Gasteiger charge is 2.16. The van der Waals surface area contributed by atoms with Crippen LogP contribution in [0.3, 0.4) is 0 Å². The maximum atomic E-state index is 11.5. The smallest absolute Gasteiger partial charge is 0.330 e. The van der Waals surface area contributed by atoms with Gasteiger partial charge in [0.15, 0.2) is 0 Å². The molecule has 3 nitrogen and oxygen atoms in total. The largest absolute Gasteiger partial charge is 0.496 e. The zero-order valence-electron chi connectivity index (χ0n) is 19.3. The number of ether oxygens (including phenoxy) is 2. The van der Waals surface area contributed by atoms with Gasteiger partial charge in [-0.1, -0.05) is 49.8 Å². The molecule has 0 N–H and O–H groups in total. The van der Waals surface area contributed by atoms with Crippen molar-refractivity contribution in [2.45, 2.75) is 61.3 Å². The molecule has 1 aromatic rings. The Hall–Kier alpha value is -2.55. The van der Waals surface area contributed by atoms with Gasteiger partial charge in [-0.05, 0) is 80.9 Å². The van der Waals surface area contributed by atoms with Crippen molar-refractivity contribution in [2.75, 3.05) is 13.7 Å². The van der Waals surface area contributed by atoms with Crippen LogP contribution in [0.5, 0.6) is 5.75 Å². The van der Waals surface area contributed by atoms with Crippen LogP contribution < -0.4 is 4.74 Å². The Morgan fingerprint density at radius 1 is 0.931 bits per heavy atom. The van der Waals surface area contributed by atoms with Crippen molar-refractivity contribution in [3.63, 3.8) is 0 Å². The van der Waals surface area contributed by atoms with E-state index < -0.39 is 0 Å². The number of esters is 1. The highest BCUT2D eigenvalue weighted by atomic mass is 16.5. The minimum Gasteiger partial charge on any atom is -0.496 e. The molecule has 0 atom stereocenters. The van der Waals surface area contributed by atoms with Crippen molar-refractivity contribution in [2.24, 2.45) is 0 Å². The molecule has 1 rings (SSSR count). The maximum Gasteiger partial charge on any atom is 0.330 e. The van der Waals surface area contributed by atoms with Gasteiger partial charge in [0, 0.05) is 6.08 Å². The topological polar surface area (TPSA) is 35.5 Å². The number of carbonyl (C=O) groups is 1. The summed E-state index contributed by atoms with van der Waals surface area (Å²) in [5.74, 6) is 0.736. The molecule has 0 saturated carbocycles. The number of benzene rings is 1. The number of allylic oxidation sites excluding steroid dienone is 6. The van der Waals surface area contributed by atoms with Crippen molar-refractivity contribution < 1.29 is 14.3 Å². The zero-order chi connectivity index (χ0) is 22.0. The van der Waals surface area contributed by atoms with Crippen LogP contribution in [0.15, 0.2) is 41.5 Å². The third-order valence-electron chi connectivity index (χ3n) is 5.04. The molecule has 29 heavy (non-hydrogen) atoms. The highest BCUT2D eigenvalue weighted by molar-refractivity contribution is 5.83. The first kappa shape index (κ1) is 24.5. The van der Waals surface area contributed by atoms with Crippen molar-refractivity contribution in [1.29, 1.82) is 0 Å².